The van der Waals surface area contributed by atoms with Crippen LogP contribution in [0.3, 0.4) is 0 Å². The zero-order chi connectivity index (χ0) is 21.3. The molecule has 0 radical (unpaired) electrons. The van der Waals surface area contributed by atoms with Crippen LogP contribution in [-0.2, 0) is 15.9 Å². The number of hydrogen-bond acceptors (Lipinski definition) is 5. The average molecular weight is 399 g/mol. The molecular weight excluding hydrogens is 364 g/mol. The van der Waals surface area contributed by atoms with Gasteiger partial charge in [0.25, 0.3) is 0 Å². The van der Waals surface area contributed by atoms with Crippen molar-refractivity contribution in [2.24, 2.45) is 0 Å². The van der Waals surface area contributed by atoms with Gasteiger partial charge in [-0.2, -0.15) is 0 Å². The van der Waals surface area contributed by atoms with E-state index in [2.05, 4.69) is 28.9 Å². The molecule has 2 rings (SSSR count). The van der Waals surface area contributed by atoms with Gasteiger partial charge < -0.3 is 14.4 Å². The lowest BCUT2D eigenvalue weighted by molar-refractivity contribution is -0.0273. The van der Waals surface area contributed by atoms with Gasteiger partial charge in [-0.05, 0) is 56.8 Å². The molecule has 0 spiro atoms. The lowest BCUT2D eigenvalue weighted by Crippen LogP contribution is -2.52. The fraction of sp³-hybridized carbons (Fsp3) is 0.458. The SMILES string of the molecule is CCC(Cc1ccccc1)(C(=O)c1ccc(N(C)CCOCOC)cc1)N(C)C. The Labute approximate surface area is 175 Å². The van der Waals surface area contributed by atoms with E-state index in [0.717, 1.165) is 24.2 Å². The number of Topliss-reactive ketones (excluding diaryl/α,β-unsaturated/α-hetero) is 1. The van der Waals surface area contributed by atoms with Crippen LogP contribution in [0.25, 0.3) is 0 Å². The van der Waals surface area contributed by atoms with E-state index in [0.29, 0.717) is 19.8 Å². The molecule has 5 heteroatoms. The molecule has 1 atom stereocenters. The Morgan fingerprint density at radius 3 is 2.21 bits per heavy atom. The summed E-state index contributed by atoms with van der Waals surface area (Å²) in [4.78, 5) is 17.7. The van der Waals surface area contributed by atoms with Crippen molar-refractivity contribution in [3.63, 3.8) is 0 Å². The Bertz CT molecular complexity index is 746. The van der Waals surface area contributed by atoms with Gasteiger partial charge in [0.05, 0.1) is 12.1 Å². The first-order chi connectivity index (χ1) is 13.9. The van der Waals surface area contributed by atoms with Crippen molar-refractivity contribution in [1.29, 1.82) is 0 Å². The monoisotopic (exact) mass is 398 g/mol. The van der Waals surface area contributed by atoms with E-state index in [1.165, 1.54) is 5.56 Å². The van der Waals surface area contributed by atoms with Crippen LogP contribution in [0.1, 0.15) is 29.3 Å². The molecule has 2 aromatic carbocycles. The largest absolute Gasteiger partial charge is 0.372 e. The van der Waals surface area contributed by atoms with Crippen molar-refractivity contribution in [1.82, 2.24) is 4.90 Å². The number of likely N-dealkylation sites (N-methyl/N-ethyl adjacent to an activating group) is 2. The number of rotatable bonds is 12. The van der Waals surface area contributed by atoms with Crippen molar-refractivity contribution < 1.29 is 14.3 Å². The van der Waals surface area contributed by atoms with Crippen LogP contribution in [0.5, 0.6) is 0 Å². The molecule has 0 aliphatic rings. The standard InChI is InChI=1S/C24H34N2O3/c1-6-24(25(2)3,18-20-10-8-7-9-11-20)23(27)21-12-14-22(15-13-21)26(4)16-17-29-19-28-5/h7-15H,6,16-19H2,1-5H3. The molecular formula is C24H34N2O3. The molecule has 0 fully saturated rings. The molecule has 0 aliphatic carbocycles. The van der Waals surface area contributed by atoms with E-state index in [-0.39, 0.29) is 5.78 Å². The molecule has 0 bridgehead atoms. The number of carbonyl (C=O) groups excluding carboxylic acids is 1. The van der Waals surface area contributed by atoms with Gasteiger partial charge in [0.2, 0.25) is 0 Å². The van der Waals surface area contributed by atoms with E-state index in [1.54, 1.807) is 7.11 Å². The molecule has 158 valence electrons. The van der Waals surface area contributed by atoms with E-state index in [1.807, 2.05) is 63.6 Å². The summed E-state index contributed by atoms with van der Waals surface area (Å²) in [6.45, 7) is 3.72. The predicted octanol–water partition coefficient (Wildman–Crippen LogP) is 3.88. The van der Waals surface area contributed by atoms with Crippen molar-refractivity contribution >= 4 is 11.5 Å². The highest BCUT2D eigenvalue weighted by atomic mass is 16.7. The molecule has 29 heavy (non-hydrogen) atoms. The quantitative estimate of drug-likeness (QED) is 0.308. The van der Waals surface area contributed by atoms with E-state index in [9.17, 15) is 4.79 Å². The van der Waals surface area contributed by atoms with Gasteiger partial charge in [-0.1, -0.05) is 37.3 Å². The fourth-order valence-corrected chi connectivity index (χ4v) is 3.59. The number of methoxy groups -OCH3 is 1. The van der Waals surface area contributed by atoms with Gasteiger partial charge in [-0.15, -0.1) is 0 Å². The predicted molar refractivity (Wildman–Crippen MR) is 119 cm³/mol. The molecule has 0 amide bonds. The minimum atomic E-state index is -0.567. The third-order valence-corrected chi connectivity index (χ3v) is 5.55. The van der Waals surface area contributed by atoms with Crippen molar-refractivity contribution in [3.8, 4) is 0 Å². The van der Waals surface area contributed by atoms with Gasteiger partial charge in [0, 0.05) is 32.0 Å². The highest BCUT2D eigenvalue weighted by Crippen LogP contribution is 2.28. The first kappa shape index (κ1) is 23.1. The molecule has 0 saturated carbocycles. The zero-order valence-electron chi connectivity index (χ0n) is 18.4. The normalized spacial score (nSPS) is 13.3. The summed E-state index contributed by atoms with van der Waals surface area (Å²) in [6, 6.07) is 18.1. The van der Waals surface area contributed by atoms with E-state index >= 15 is 0 Å². The van der Waals surface area contributed by atoms with E-state index in [4.69, 9.17) is 9.47 Å². The first-order valence-electron chi connectivity index (χ1n) is 10.1. The second kappa shape index (κ2) is 11.1. The van der Waals surface area contributed by atoms with Gasteiger partial charge >= 0.3 is 0 Å². The smallest absolute Gasteiger partial charge is 0.183 e. The van der Waals surface area contributed by atoms with Crippen LogP contribution in [0.4, 0.5) is 5.69 Å². The third-order valence-electron chi connectivity index (χ3n) is 5.55. The molecule has 0 aliphatic heterocycles. The van der Waals surface area contributed by atoms with E-state index < -0.39 is 5.54 Å². The van der Waals surface area contributed by atoms with Gasteiger partial charge in [0.15, 0.2) is 5.78 Å². The summed E-state index contributed by atoms with van der Waals surface area (Å²) >= 11 is 0. The summed E-state index contributed by atoms with van der Waals surface area (Å²) in [5.74, 6) is 0.159. The summed E-state index contributed by atoms with van der Waals surface area (Å²) in [5, 5.41) is 0. The van der Waals surface area contributed by atoms with Gasteiger partial charge in [-0.25, -0.2) is 0 Å². The summed E-state index contributed by atoms with van der Waals surface area (Å²) in [6.07, 6.45) is 1.43. The first-order valence-corrected chi connectivity index (χ1v) is 10.1. The maximum Gasteiger partial charge on any atom is 0.183 e. The number of hydrogen-bond donors (Lipinski definition) is 0. The van der Waals surface area contributed by atoms with Crippen LogP contribution >= 0.6 is 0 Å². The number of carbonyl (C=O) groups is 1. The number of ketones is 1. The van der Waals surface area contributed by atoms with Gasteiger partial charge in [0.1, 0.15) is 6.79 Å². The Hall–Kier alpha value is -2.21. The van der Waals surface area contributed by atoms with Crippen LogP contribution < -0.4 is 4.90 Å². The Morgan fingerprint density at radius 2 is 1.66 bits per heavy atom. The highest BCUT2D eigenvalue weighted by Gasteiger charge is 2.39. The minimum absolute atomic E-state index is 0.159. The maximum atomic E-state index is 13.6. The van der Waals surface area contributed by atoms with Crippen LogP contribution in [0.2, 0.25) is 0 Å². The van der Waals surface area contributed by atoms with Crippen LogP contribution in [0.15, 0.2) is 54.6 Å². The lowest BCUT2D eigenvalue weighted by atomic mass is 9.80. The Kier molecular flexibility index (Phi) is 8.83. The van der Waals surface area contributed by atoms with Crippen molar-refractivity contribution in [2.75, 3.05) is 53.1 Å². The molecule has 0 N–H and O–H groups in total. The molecule has 2 aromatic rings. The lowest BCUT2D eigenvalue weighted by Gasteiger charge is -2.38. The molecule has 0 aromatic heterocycles. The Morgan fingerprint density at radius 1 is 1.00 bits per heavy atom. The molecule has 5 nitrogen and oxygen atoms in total. The zero-order valence-corrected chi connectivity index (χ0v) is 18.4. The maximum absolute atomic E-state index is 13.6. The fourth-order valence-electron chi connectivity index (χ4n) is 3.59. The summed E-state index contributed by atoms with van der Waals surface area (Å²) in [7, 11) is 7.61. The van der Waals surface area contributed by atoms with Crippen molar-refractivity contribution in [3.05, 3.63) is 65.7 Å². The van der Waals surface area contributed by atoms with Crippen LogP contribution in [0, 0.1) is 0 Å². The van der Waals surface area contributed by atoms with Crippen molar-refractivity contribution in [2.45, 2.75) is 25.3 Å². The summed E-state index contributed by atoms with van der Waals surface area (Å²) < 4.78 is 10.2. The topological polar surface area (TPSA) is 42.0 Å². The van der Waals surface area contributed by atoms with Gasteiger partial charge in [-0.3, -0.25) is 9.69 Å². The third kappa shape index (κ3) is 5.89. The second-order valence-corrected chi connectivity index (χ2v) is 7.55. The number of ether oxygens (including phenoxy) is 2. The highest BCUT2D eigenvalue weighted by molar-refractivity contribution is 6.03. The number of nitrogens with zero attached hydrogens (tertiary/aromatic N) is 2. The van der Waals surface area contributed by atoms with Crippen LogP contribution in [-0.4, -0.2) is 64.4 Å². The second-order valence-electron chi connectivity index (χ2n) is 7.55. The summed E-state index contributed by atoms with van der Waals surface area (Å²) in [5.41, 5.74) is 2.40. The molecule has 1 unspecified atom stereocenters. The number of anilines is 1. The minimum Gasteiger partial charge on any atom is -0.372 e. The average Bonchev–Trinajstić information content (AvgIpc) is 2.75. The molecule has 0 heterocycles. The molecule has 0 saturated heterocycles. The number of benzene rings is 2. The Balaban J connectivity index is 2.17.